The highest BCUT2D eigenvalue weighted by Gasteiger charge is 2.05. The summed E-state index contributed by atoms with van der Waals surface area (Å²) >= 11 is 0. The number of nitrogens with zero attached hydrogens (tertiary/aromatic N) is 4. The Kier molecular flexibility index (Phi) is 6.21. The molecule has 28 heavy (non-hydrogen) atoms. The van der Waals surface area contributed by atoms with Gasteiger partial charge in [-0.05, 0) is 48.4 Å². The maximum Gasteiger partial charge on any atom is 0.244 e. The number of nitriles is 1. The Bertz CT molecular complexity index is 969. The molecular weight excluding hydrogens is 356 g/mol. The fourth-order valence-electron chi connectivity index (χ4n) is 2.57. The van der Waals surface area contributed by atoms with Crippen LogP contribution in [0, 0.1) is 11.3 Å². The van der Waals surface area contributed by atoms with E-state index in [0.717, 1.165) is 17.7 Å². The highest BCUT2D eigenvalue weighted by Crippen LogP contribution is 2.27. The van der Waals surface area contributed by atoms with E-state index in [2.05, 4.69) is 31.9 Å². The Balaban J connectivity index is 1.58. The molecule has 1 aromatic heterocycles. The number of ether oxygens (including phenoxy) is 2. The molecule has 1 heterocycles. The zero-order chi connectivity index (χ0) is 19.8. The molecule has 0 radical (unpaired) electrons. The molecule has 3 rings (SSSR count). The molecule has 0 aliphatic heterocycles. The Hall–Kier alpha value is -3.86. The van der Waals surface area contributed by atoms with E-state index in [1.54, 1.807) is 26.4 Å². The van der Waals surface area contributed by atoms with Crippen LogP contribution in [0.1, 0.15) is 11.1 Å². The van der Waals surface area contributed by atoms with E-state index < -0.39 is 0 Å². The fraction of sp³-hybridized carbons (Fsp3) is 0.200. The Morgan fingerprint density at radius 2 is 1.82 bits per heavy atom. The first kappa shape index (κ1) is 18.9. The first-order valence-electron chi connectivity index (χ1n) is 8.63. The van der Waals surface area contributed by atoms with E-state index in [9.17, 15) is 0 Å². The Morgan fingerprint density at radius 1 is 1.04 bits per heavy atom. The number of rotatable bonds is 8. The summed E-state index contributed by atoms with van der Waals surface area (Å²) in [6.45, 7) is 0.636. The number of anilines is 3. The summed E-state index contributed by atoms with van der Waals surface area (Å²) in [6.07, 6.45) is 2.30. The van der Waals surface area contributed by atoms with Gasteiger partial charge in [-0.3, -0.25) is 0 Å². The molecule has 0 saturated heterocycles. The minimum absolute atomic E-state index is 0.430. The summed E-state index contributed by atoms with van der Waals surface area (Å²) in [5.41, 5.74) is 2.52. The van der Waals surface area contributed by atoms with Gasteiger partial charge in [0.05, 0.1) is 32.0 Å². The second-order valence-electron chi connectivity index (χ2n) is 5.85. The van der Waals surface area contributed by atoms with Gasteiger partial charge in [0.15, 0.2) is 17.3 Å². The lowest BCUT2D eigenvalue weighted by Gasteiger charge is -2.10. The molecule has 0 atom stereocenters. The maximum absolute atomic E-state index is 8.85. The van der Waals surface area contributed by atoms with E-state index in [0.29, 0.717) is 35.4 Å². The van der Waals surface area contributed by atoms with Crippen molar-refractivity contribution in [3.05, 3.63) is 59.8 Å². The van der Waals surface area contributed by atoms with E-state index >= 15 is 0 Å². The number of hydrogen-bond acceptors (Lipinski definition) is 8. The Labute approximate surface area is 163 Å². The minimum atomic E-state index is 0.430. The monoisotopic (exact) mass is 376 g/mol. The quantitative estimate of drug-likeness (QED) is 0.618. The number of aromatic nitrogens is 3. The predicted octanol–water partition coefficient (Wildman–Crippen LogP) is 3.16. The van der Waals surface area contributed by atoms with Crippen LogP contribution in [-0.4, -0.2) is 35.9 Å². The van der Waals surface area contributed by atoms with Crippen LogP contribution >= 0.6 is 0 Å². The fourth-order valence-corrected chi connectivity index (χ4v) is 2.57. The zero-order valence-electron chi connectivity index (χ0n) is 15.6. The van der Waals surface area contributed by atoms with Crippen LogP contribution in [0.15, 0.2) is 48.7 Å². The van der Waals surface area contributed by atoms with Gasteiger partial charge in [-0.25, -0.2) is 0 Å². The van der Waals surface area contributed by atoms with Gasteiger partial charge in [0.2, 0.25) is 5.95 Å². The average Bonchev–Trinajstić information content (AvgIpc) is 2.74. The molecule has 8 nitrogen and oxygen atoms in total. The van der Waals surface area contributed by atoms with E-state index in [-0.39, 0.29) is 0 Å². The molecule has 0 aliphatic carbocycles. The molecule has 0 fully saturated rings. The molecule has 0 spiro atoms. The molecular formula is C20H20N6O2. The van der Waals surface area contributed by atoms with Crippen LogP contribution in [-0.2, 0) is 6.42 Å². The lowest BCUT2D eigenvalue weighted by atomic mass is 10.1. The molecule has 2 N–H and O–H groups in total. The number of nitrogens with one attached hydrogen (secondary N) is 2. The smallest absolute Gasteiger partial charge is 0.244 e. The van der Waals surface area contributed by atoms with Crippen molar-refractivity contribution in [2.75, 3.05) is 31.4 Å². The summed E-state index contributed by atoms with van der Waals surface area (Å²) in [4.78, 5) is 4.40. The van der Waals surface area contributed by atoms with Gasteiger partial charge in [-0.15, -0.1) is 5.10 Å². The van der Waals surface area contributed by atoms with Gasteiger partial charge in [0.25, 0.3) is 0 Å². The predicted molar refractivity (Wildman–Crippen MR) is 106 cm³/mol. The second kappa shape index (κ2) is 9.19. The standard InChI is InChI=1S/C20H20N6O2/c1-27-17-8-5-14(11-18(17)28-2)9-10-22-20-25-19(13-23-26-20)24-16-6-3-15(12-21)4-7-16/h3-8,11,13H,9-10H2,1-2H3,(H2,22,24,25,26). The average molecular weight is 376 g/mol. The van der Waals surface area contributed by atoms with Crippen molar-refractivity contribution in [1.29, 1.82) is 5.26 Å². The Morgan fingerprint density at radius 3 is 2.54 bits per heavy atom. The van der Waals surface area contributed by atoms with Crippen molar-refractivity contribution in [3.63, 3.8) is 0 Å². The highest BCUT2D eigenvalue weighted by molar-refractivity contribution is 5.57. The molecule has 8 heteroatoms. The second-order valence-corrected chi connectivity index (χ2v) is 5.85. The molecule has 2 aromatic carbocycles. The molecule has 0 aliphatic rings. The van der Waals surface area contributed by atoms with Gasteiger partial charge in [-0.1, -0.05) is 6.07 Å². The molecule has 0 unspecified atom stereocenters. The van der Waals surface area contributed by atoms with Gasteiger partial charge in [-0.2, -0.15) is 15.3 Å². The van der Waals surface area contributed by atoms with Gasteiger partial charge in [0.1, 0.15) is 0 Å². The summed E-state index contributed by atoms with van der Waals surface area (Å²) in [6, 6.07) is 15.0. The molecule has 0 saturated carbocycles. The maximum atomic E-state index is 8.85. The third-order valence-corrected chi connectivity index (χ3v) is 3.99. The number of methoxy groups -OCH3 is 2. The van der Waals surface area contributed by atoms with Crippen LogP contribution < -0.4 is 20.1 Å². The summed E-state index contributed by atoms with van der Waals surface area (Å²) in [5, 5.41) is 23.1. The SMILES string of the molecule is COc1ccc(CCNc2nncc(Nc3ccc(C#N)cc3)n2)cc1OC. The highest BCUT2D eigenvalue weighted by atomic mass is 16.5. The zero-order valence-corrected chi connectivity index (χ0v) is 15.6. The summed E-state index contributed by atoms with van der Waals surface area (Å²) in [7, 11) is 3.23. The minimum Gasteiger partial charge on any atom is -0.493 e. The van der Waals surface area contributed by atoms with Crippen molar-refractivity contribution in [1.82, 2.24) is 15.2 Å². The van der Waals surface area contributed by atoms with Crippen LogP contribution in [0.4, 0.5) is 17.5 Å². The van der Waals surface area contributed by atoms with Gasteiger partial charge >= 0.3 is 0 Å². The first-order valence-corrected chi connectivity index (χ1v) is 8.63. The summed E-state index contributed by atoms with van der Waals surface area (Å²) < 4.78 is 10.6. The van der Waals surface area contributed by atoms with Crippen molar-refractivity contribution >= 4 is 17.5 Å². The van der Waals surface area contributed by atoms with Crippen LogP contribution in [0.25, 0.3) is 0 Å². The normalized spacial score (nSPS) is 10.0. The number of hydrogen-bond donors (Lipinski definition) is 2. The number of benzene rings is 2. The van der Waals surface area contributed by atoms with Crippen molar-refractivity contribution < 1.29 is 9.47 Å². The van der Waals surface area contributed by atoms with Crippen molar-refractivity contribution in [2.45, 2.75) is 6.42 Å². The molecule has 0 bridgehead atoms. The van der Waals surface area contributed by atoms with E-state index in [1.807, 2.05) is 30.3 Å². The summed E-state index contributed by atoms with van der Waals surface area (Å²) in [5.74, 6) is 2.40. The van der Waals surface area contributed by atoms with Crippen LogP contribution in [0.3, 0.4) is 0 Å². The third kappa shape index (κ3) is 4.86. The van der Waals surface area contributed by atoms with Gasteiger partial charge < -0.3 is 20.1 Å². The lowest BCUT2D eigenvalue weighted by molar-refractivity contribution is 0.354. The molecule has 142 valence electrons. The third-order valence-electron chi connectivity index (χ3n) is 3.99. The molecule has 3 aromatic rings. The topological polar surface area (TPSA) is 105 Å². The van der Waals surface area contributed by atoms with E-state index in [4.69, 9.17) is 14.7 Å². The van der Waals surface area contributed by atoms with E-state index in [1.165, 1.54) is 6.20 Å². The van der Waals surface area contributed by atoms with Crippen molar-refractivity contribution in [3.8, 4) is 17.6 Å². The van der Waals surface area contributed by atoms with Gasteiger partial charge in [0, 0.05) is 12.2 Å². The van der Waals surface area contributed by atoms with Crippen molar-refractivity contribution in [2.24, 2.45) is 0 Å². The van der Waals surface area contributed by atoms with Crippen LogP contribution in [0.5, 0.6) is 11.5 Å². The largest absolute Gasteiger partial charge is 0.493 e. The van der Waals surface area contributed by atoms with Crippen LogP contribution in [0.2, 0.25) is 0 Å². The first-order chi connectivity index (χ1) is 13.7. The lowest BCUT2D eigenvalue weighted by Crippen LogP contribution is -2.10. The molecule has 0 amide bonds.